The number of hydrogen-bond acceptors (Lipinski definition) is 2. The first kappa shape index (κ1) is 17.2. The second-order valence-corrected chi connectivity index (χ2v) is 5.69. The first-order chi connectivity index (χ1) is 9.88. The number of aryl methyl sites for hydroxylation is 2. The van der Waals surface area contributed by atoms with Gasteiger partial charge in [-0.25, -0.2) is 4.98 Å². The highest BCUT2D eigenvalue weighted by atomic mass is 16.2. The fourth-order valence-electron chi connectivity index (χ4n) is 2.63. The minimum atomic E-state index is 0.355. The fraction of sp³-hybridized carbons (Fsp3) is 0.824. The van der Waals surface area contributed by atoms with Crippen LogP contribution in [0.4, 0.5) is 0 Å². The third-order valence-corrected chi connectivity index (χ3v) is 3.83. The van der Waals surface area contributed by atoms with Gasteiger partial charge in [0.15, 0.2) is 0 Å². The number of hydrogen-bond donors (Lipinski definition) is 1. The fourth-order valence-corrected chi connectivity index (χ4v) is 2.63. The van der Waals surface area contributed by atoms with Crippen molar-refractivity contribution in [1.29, 1.82) is 0 Å². The first-order valence-corrected chi connectivity index (χ1v) is 8.49. The normalized spacial score (nSPS) is 11.1. The van der Waals surface area contributed by atoms with E-state index in [1.165, 1.54) is 63.6 Å². The molecule has 116 valence electrons. The molecule has 3 nitrogen and oxygen atoms in total. The second kappa shape index (κ2) is 12.0. The number of imidazole rings is 1. The van der Waals surface area contributed by atoms with Crippen LogP contribution in [0.15, 0.2) is 12.4 Å². The molecule has 1 aromatic rings. The van der Waals surface area contributed by atoms with Crippen LogP contribution in [-0.4, -0.2) is 21.3 Å². The number of aliphatic hydroxyl groups excluding tert-OH is 1. The smallest absolute Gasteiger partial charge is 0.108 e. The molecule has 1 heterocycles. The number of rotatable bonds is 13. The summed E-state index contributed by atoms with van der Waals surface area (Å²) in [5.74, 6) is 1.25. The Labute approximate surface area is 124 Å². The van der Waals surface area contributed by atoms with Crippen molar-refractivity contribution < 1.29 is 5.11 Å². The molecule has 20 heavy (non-hydrogen) atoms. The van der Waals surface area contributed by atoms with Crippen LogP contribution in [0.5, 0.6) is 0 Å². The quantitative estimate of drug-likeness (QED) is 0.546. The predicted molar refractivity (Wildman–Crippen MR) is 84.9 cm³/mol. The molecule has 0 fully saturated rings. The van der Waals surface area contributed by atoms with Crippen LogP contribution in [0.3, 0.4) is 0 Å². The summed E-state index contributed by atoms with van der Waals surface area (Å²) in [5, 5.41) is 8.69. The molecule has 0 atom stereocenters. The van der Waals surface area contributed by atoms with Crippen LogP contribution in [-0.2, 0) is 13.0 Å². The highest BCUT2D eigenvalue weighted by molar-refractivity contribution is 4.92. The molecule has 1 N–H and O–H groups in total. The summed E-state index contributed by atoms with van der Waals surface area (Å²) in [4.78, 5) is 4.41. The maximum atomic E-state index is 8.69. The van der Waals surface area contributed by atoms with Gasteiger partial charge in [-0.3, -0.25) is 0 Å². The standard InChI is InChI=1S/C17H32N2O/c1-2-12-17-18-13-15-19(17)14-10-8-6-4-3-5-7-9-11-16-20/h13,15,20H,2-12,14,16H2,1H3. The van der Waals surface area contributed by atoms with Crippen molar-refractivity contribution in [2.45, 2.75) is 84.1 Å². The lowest BCUT2D eigenvalue weighted by molar-refractivity contribution is 0.282. The Kier molecular flexibility index (Phi) is 10.3. The third-order valence-electron chi connectivity index (χ3n) is 3.83. The van der Waals surface area contributed by atoms with Gasteiger partial charge in [0.1, 0.15) is 5.82 Å². The van der Waals surface area contributed by atoms with Gasteiger partial charge in [-0.05, 0) is 19.3 Å². The van der Waals surface area contributed by atoms with E-state index in [0.29, 0.717) is 6.61 Å². The van der Waals surface area contributed by atoms with Gasteiger partial charge >= 0.3 is 0 Å². The Morgan fingerprint density at radius 3 is 2.15 bits per heavy atom. The molecule has 0 aliphatic heterocycles. The highest BCUT2D eigenvalue weighted by Gasteiger charge is 2.00. The van der Waals surface area contributed by atoms with E-state index in [4.69, 9.17) is 5.11 Å². The van der Waals surface area contributed by atoms with Gasteiger partial charge in [0.25, 0.3) is 0 Å². The van der Waals surface area contributed by atoms with Gasteiger partial charge in [0, 0.05) is 32.0 Å². The monoisotopic (exact) mass is 280 g/mol. The van der Waals surface area contributed by atoms with Gasteiger partial charge in [0.2, 0.25) is 0 Å². The predicted octanol–water partition coefficient (Wildman–Crippen LogP) is 4.34. The average Bonchev–Trinajstić information content (AvgIpc) is 2.89. The summed E-state index contributed by atoms with van der Waals surface area (Å²) in [6.07, 6.45) is 17.8. The van der Waals surface area contributed by atoms with E-state index in [-0.39, 0.29) is 0 Å². The largest absolute Gasteiger partial charge is 0.396 e. The Bertz CT molecular complexity index is 323. The maximum Gasteiger partial charge on any atom is 0.108 e. The lowest BCUT2D eigenvalue weighted by atomic mass is 10.1. The average molecular weight is 280 g/mol. The molecule has 0 amide bonds. The van der Waals surface area contributed by atoms with E-state index in [2.05, 4.69) is 22.7 Å². The number of unbranched alkanes of at least 4 members (excludes halogenated alkanes) is 8. The Morgan fingerprint density at radius 2 is 1.55 bits per heavy atom. The number of aliphatic hydroxyl groups is 1. The van der Waals surface area contributed by atoms with Crippen molar-refractivity contribution in [2.24, 2.45) is 0 Å². The summed E-state index contributed by atoms with van der Waals surface area (Å²) >= 11 is 0. The van der Waals surface area contributed by atoms with E-state index in [1.807, 2.05) is 6.20 Å². The topological polar surface area (TPSA) is 38.0 Å². The van der Waals surface area contributed by atoms with Crippen LogP contribution in [0.2, 0.25) is 0 Å². The molecular weight excluding hydrogens is 248 g/mol. The van der Waals surface area contributed by atoms with Gasteiger partial charge in [-0.1, -0.05) is 51.9 Å². The second-order valence-electron chi connectivity index (χ2n) is 5.69. The molecule has 0 saturated carbocycles. The van der Waals surface area contributed by atoms with Gasteiger partial charge in [-0.15, -0.1) is 0 Å². The van der Waals surface area contributed by atoms with Gasteiger partial charge in [0.05, 0.1) is 0 Å². The molecule has 0 aliphatic rings. The molecule has 0 radical (unpaired) electrons. The molecule has 0 aromatic carbocycles. The molecule has 0 spiro atoms. The van der Waals surface area contributed by atoms with E-state index in [9.17, 15) is 0 Å². The molecule has 0 saturated heterocycles. The molecule has 0 bridgehead atoms. The van der Waals surface area contributed by atoms with Gasteiger partial charge in [-0.2, -0.15) is 0 Å². The van der Waals surface area contributed by atoms with Crippen LogP contribution < -0.4 is 0 Å². The summed E-state index contributed by atoms with van der Waals surface area (Å²) in [6, 6.07) is 0. The molecule has 1 aromatic heterocycles. The number of nitrogens with zero attached hydrogens (tertiary/aromatic N) is 2. The van der Waals surface area contributed by atoms with E-state index in [0.717, 1.165) is 19.4 Å². The Morgan fingerprint density at radius 1 is 0.950 bits per heavy atom. The van der Waals surface area contributed by atoms with Gasteiger partial charge < -0.3 is 9.67 Å². The van der Waals surface area contributed by atoms with Crippen molar-refractivity contribution in [3.05, 3.63) is 18.2 Å². The Hall–Kier alpha value is -0.830. The highest BCUT2D eigenvalue weighted by Crippen LogP contribution is 2.11. The van der Waals surface area contributed by atoms with Crippen LogP contribution in [0, 0.1) is 0 Å². The lowest BCUT2D eigenvalue weighted by Crippen LogP contribution is -2.03. The molecule has 1 rings (SSSR count). The van der Waals surface area contributed by atoms with Crippen LogP contribution in [0.25, 0.3) is 0 Å². The minimum absolute atomic E-state index is 0.355. The van der Waals surface area contributed by atoms with E-state index in [1.54, 1.807) is 0 Å². The molecule has 0 unspecified atom stereocenters. The zero-order valence-corrected chi connectivity index (χ0v) is 13.2. The lowest BCUT2D eigenvalue weighted by Gasteiger charge is -2.07. The van der Waals surface area contributed by atoms with Crippen molar-refractivity contribution >= 4 is 0 Å². The minimum Gasteiger partial charge on any atom is -0.396 e. The van der Waals surface area contributed by atoms with Crippen molar-refractivity contribution in [3.8, 4) is 0 Å². The van der Waals surface area contributed by atoms with Crippen LogP contribution >= 0.6 is 0 Å². The molecule has 0 aliphatic carbocycles. The Balaban J connectivity index is 1.93. The first-order valence-electron chi connectivity index (χ1n) is 8.49. The SMILES string of the molecule is CCCc1nccn1CCCCCCCCCCCO. The van der Waals surface area contributed by atoms with E-state index < -0.39 is 0 Å². The van der Waals surface area contributed by atoms with Crippen LogP contribution in [0.1, 0.15) is 77.0 Å². The summed E-state index contributed by atoms with van der Waals surface area (Å²) in [7, 11) is 0. The van der Waals surface area contributed by atoms with Crippen molar-refractivity contribution in [2.75, 3.05) is 6.61 Å². The zero-order chi connectivity index (χ0) is 14.5. The summed E-state index contributed by atoms with van der Waals surface area (Å²) in [5.41, 5.74) is 0. The number of aromatic nitrogens is 2. The zero-order valence-electron chi connectivity index (χ0n) is 13.2. The third kappa shape index (κ3) is 7.68. The maximum absolute atomic E-state index is 8.69. The molecular formula is C17H32N2O. The summed E-state index contributed by atoms with van der Waals surface area (Å²) in [6.45, 7) is 3.69. The molecule has 3 heteroatoms. The van der Waals surface area contributed by atoms with E-state index >= 15 is 0 Å². The summed E-state index contributed by atoms with van der Waals surface area (Å²) < 4.78 is 2.32. The van der Waals surface area contributed by atoms with Crippen molar-refractivity contribution in [1.82, 2.24) is 9.55 Å². The van der Waals surface area contributed by atoms with Crippen molar-refractivity contribution in [3.63, 3.8) is 0 Å².